The van der Waals surface area contributed by atoms with Crippen LogP contribution >= 0.6 is 23.2 Å². The first kappa shape index (κ1) is 22.4. The Hall–Kier alpha value is -3.31. The van der Waals surface area contributed by atoms with Gasteiger partial charge in [0.05, 0.1) is 20.5 Å². The number of nitro groups is 1. The lowest BCUT2D eigenvalue weighted by molar-refractivity contribution is -0.384. The second-order valence-electron chi connectivity index (χ2n) is 5.98. The fraction of sp³-hybridized carbons (Fsp3) is 0.111. The molecule has 1 aromatic heterocycles. The van der Waals surface area contributed by atoms with Crippen molar-refractivity contribution in [2.24, 2.45) is 0 Å². The number of alkyl halides is 3. The molecule has 1 N–H and O–H groups in total. The highest BCUT2D eigenvalue weighted by Crippen LogP contribution is 2.39. The molecule has 0 radical (unpaired) electrons. The van der Waals surface area contributed by atoms with Crippen LogP contribution in [0, 0.1) is 10.1 Å². The van der Waals surface area contributed by atoms with Crippen LogP contribution in [0.2, 0.25) is 10.0 Å². The van der Waals surface area contributed by atoms with Crippen molar-refractivity contribution in [3.05, 3.63) is 74.4 Å². The molecule has 0 saturated carbocycles. The van der Waals surface area contributed by atoms with Crippen molar-refractivity contribution in [3.63, 3.8) is 0 Å². The number of nitrogens with zero attached hydrogens (tertiary/aromatic N) is 3. The number of amides is 1. The number of hydrogen-bond donors (Lipinski definition) is 1. The van der Waals surface area contributed by atoms with Crippen molar-refractivity contribution in [1.82, 2.24) is 9.78 Å². The minimum atomic E-state index is -4.71. The van der Waals surface area contributed by atoms with E-state index in [1.165, 1.54) is 0 Å². The van der Waals surface area contributed by atoms with E-state index < -0.39 is 50.7 Å². The molecule has 0 fully saturated rings. The molecule has 13 heteroatoms. The zero-order valence-electron chi connectivity index (χ0n) is 15.2. The Bertz CT molecular complexity index is 1110. The van der Waals surface area contributed by atoms with Crippen LogP contribution in [0.25, 0.3) is 5.69 Å². The number of carbonyl (C=O) groups is 1. The first-order valence-corrected chi connectivity index (χ1v) is 9.10. The Balaban J connectivity index is 1.95. The molecule has 0 atom stereocenters. The second-order valence-corrected chi connectivity index (χ2v) is 6.80. The first-order valence-electron chi connectivity index (χ1n) is 8.34. The van der Waals surface area contributed by atoms with Gasteiger partial charge >= 0.3 is 11.9 Å². The molecule has 3 aromatic rings. The third kappa shape index (κ3) is 5.06. The highest BCUT2D eigenvalue weighted by atomic mass is 35.5. The van der Waals surface area contributed by atoms with Crippen molar-refractivity contribution in [1.29, 1.82) is 0 Å². The molecule has 0 aliphatic rings. The smallest absolute Gasteiger partial charge is 0.416 e. The summed E-state index contributed by atoms with van der Waals surface area (Å²) in [5, 5.41) is 16.4. The average molecular weight is 475 g/mol. The predicted octanol–water partition coefficient (Wildman–Crippen LogP) is 5.12. The van der Waals surface area contributed by atoms with Crippen LogP contribution in [0.5, 0.6) is 5.75 Å². The van der Waals surface area contributed by atoms with Crippen molar-refractivity contribution in [3.8, 4) is 11.4 Å². The van der Waals surface area contributed by atoms with Crippen LogP contribution in [0.4, 0.5) is 24.7 Å². The zero-order chi connectivity index (χ0) is 22.8. The van der Waals surface area contributed by atoms with Crippen molar-refractivity contribution in [2.45, 2.75) is 6.18 Å². The Kier molecular flexibility index (Phi) is 6.37. The van der Waals surface area contributed by atoms with Crippen LogP contribution in [0.1, 0.15) is 5.56 Å². The van der Waals surface area contributed by atoms with Crippen molar-refractivity contribution in [2.75, 3.05) is 11.9 Å². The standard InChI is InChI=1S/C18H11Cl2F3N4O4/c19-12-6-10(18(21,22)23)7-13(20)16(12)26-17(14(8-24-26)27(29)30)25-15(28)9-31-11-4-2-1-3-5-11/h1-8H,9H2,(H,25,28). The van der Waals surface area contributed by atoms with Crippen LogP contribution < -0.4 is 10.1 Å². The van der Waals surface area contributed by atoms with Gasteiger partial charge in [0.25, 0.3) is 5.91 Å². The van der Waals surface area contributed by atoms with E-state index in [0.29, 0.717) is 17.9 Å². The maximum Gasteiger partial charge on any atom is 0.416 e. The van der Waals surface area contributed by atoms with Crippen LogP contribution in [0.3, 0.4) is 0 Å². The number of hydrogen-bond acceptors (Lipinski definition) is 5. The van der Waals surface area contributed by atoms with Crippen LogP contribution in [0.15, 0.2) is 48.7 Å². The van der Waals surface area contributed by atoms with Crippen LogP contribution in [-0.2, 0) is 11.0 Å². The third-order valence-electron chi connectivity index (χ3n) is 3.87. The van der Waals surface area contributed by atoms with Crippen LogP contribution in [-0.4, -0.2) is 27.2 Å². The summed E-state index contributed by atoms with van der Waals surface area (Å²) in [7, 11) is 0. The van der Waals surface area contributed by atoms with E-state index in [1.807, 2.05) is 0 Å². The molecule has 0 aliphatic heterocycles. The number of ether oxygens (including phenoxy) is 1. The predicted molar refractivity (Wildman–Crippen MR) is 106 cm³/mol. The molecule has 1 heterocycles. The third-order valence-corrected chi connectivity index (χ3v) is 4.45. The molecule has 0 saturated heterocycles. The Morgan fingerprint density at radius 2 is 1.81 bits per heavy atom. The highest BCUT2D eigenvalue weighted by molar-refractivity contribution is 6.38. The summed E-state index contributed by atoms with van der Waals surface area (Å²) in [5.41, 5.74) is -2.02. The summed E-state index contributed by atoms with van der Waals surface area (Å²) in [6.45, 7) is -0.499. The lowest BCUT2D eigenvalue weighted by Crippen LogP contribution is -2.22. The van der Waals surface area contributed by atoms with E-state index in [9.17, 15) is 28.1 Å². The number of benzene rings is 2. The summed E-state index contributed by atoms with van der Waals surface area (Å²) in [6.07, 6.45) is -3.91. The maximum atomic E-state index is 13.0. The van der Waals surface area contributed by atoms with Gasteiger partial charge in [-0.2, -0.15) is 18.3 Å². The zero-order valence-corrected chi connectivity index (χ0v) is 16.7. The Labute approximate surface area is 182 Å². The molecule has 0 bridgehead atoms. The number of aromatic nitrogens is 2. The summed E-state index contributed by atoms with van der Waals surface area (Å²) in [5.74, 6) is -0.849. The van der Waals surface area contributed by atoms with E-state index in [2.05, 4.69) is 10.4 Å². The number of rotatable bonds is 6. The lowest BCUT2D eigenvalue weighted by atomic mass is 10.2. The number of para-hydroxylation sites is 1. The van der Waals surface area contributed by atoms with E-state index in [0.717, 1.165) is 10.9 Å². The molecule has 162 valence electrons. The molecule has 1 amide bonds. The number of anilines is 1. The fourth-order valence-electron chi connectivity index (χ4n) is 2.53. The Morgan fingerprint density at radius 1 is 1.19 bits per heavy atom. The molecule has 0 unspecified atom stereocenters. The van der Waals surface area contributed by atoms with Gasteiger partial charge in [0, 0.05) is 0 Å². The summed E-state index contributed by atoms with van der Waals surface area (Å²) in [6, 6.07) is 9.50. The maximum absolute atomic E-state index is 13.0. The first-order chi connectivity index (χ1) is 14.6. The number of nitrogens with one attached hydrogen (secondary N) is 1. The van der Waals surface area contributed by atoms with Gasteiger partial charge < -0.3 is 10.1 Å². The molecule has 3 rings (SSSR count). The van der Waals surface area contributed by atoms with Gasteiger partial charge in [0.1, 0.15) is 17.6 Å². The molecule has 2 aromatic carbocycles. The number of carbonyl (C=O) groups excluding carboxylic acids is 1. The van der Waals surface area contributed by atoms with Crippen molar-refractivity contribution < 1.29 is 27.6 Å². The molecule has 0 aliphatic carbocycles. The summed E-state index contributed by atoms with van der Waals surface area (Å²) >= 11 is 11.9. The van der Waals surface area contributed by atoms with Crippen molar-refractivity contribution >= 4 is 40.6 Å². The fourth-order valence-corrected chi connectivity index (χ4v) is 3.17. The average Bonchev–Trinajstić information content (AvgIpc) is 3.09. The van der Waals surface area contributed by atoms with Gasteiger partial charge in [-0.25, -0.2) is 4.68 Å². The van der Waals surface area contributed by atoms with Gasteiger partial charge in [-0.05, 0) is 24.3 Å². The van der Waals surface area contributed by atoms with E-state index in [4.69, 9.17) is 27.9 Å². The quantitative estimate of drug-likeness (QED) is 0.394. The van der Waals surface area contributed by atoms with E-state index in [-0.39, 0.29) is 5.69 Å². The summed E-state index contributed by atoms with van der Waals surface area (Å²) in [4.78, 5) is 22.8. The highest BCUT2D eigenvalue weighted by Gasteiger charge is 2.33. The molecule has 8 nitrogen and oxygen atoms in total. The lowest BCUT2D eigenvalue weighted by Gasteiger charge is -2.14. The van der Waals surface area contributed by atoms with E-state index in [1.54, 1.807) is 30.3 Å². The largest absolute Gasteiger partial charge is 0.484 e. The molecular formula is C18H11Cl2F3N4O4. The SMILES string of the molecule is O=C(COc1ccccc1)Nc1c([N+](=O)[O-])cnn1-c1c(Cl)cc(C(F)(F)F)cc1Cl. The molecule has 0 spiro atoms. The minimum Gasteiger partial charge on any atom is -0.484 e. The molecular weight excluding hydrogens is 464 g/mol. The topological polar surface area (TPSA) is 99.3 Å². The Morgan fingerprint density at radius 3 is 2.35 bits per heavy atom. The van der Waals surface area contributed by atoms with E-state index >= 15 is 0 Å². The monoisotopic (exact) mass is 474 g/mol. The second kappa shape index (κ2) is 8.82. The minimum absolute atomic E-state index is 0.274. The van der Waals surface area contributed by atoms with Gasteiger partial charge in [0.2, 0.25) is 5.82 Å². The normalized spacial score (nSPS) is 11.3. The van der Waals surface area contributed by atoms with Gasteiger partial charge in [-0.15, -0.1) is 0 Å². The van der Waals surface area contributed by atoms with Gasteiger partial charge in [-0.3, -0.25) is 14.9 Å². The number of halogens is 5. The van der Waals surface area contributed by atoms with Gasteiger partial charge in [-0.1, -0.05) is 41.4 Å². The molecule has 31 heavy (non-hydrogen) atoms. The van der Waals surface area contributed by atoms with Gasteiger partial charge in [0.15, 0.2) is 6.61 Å². The summed E-state index contributed by atoms with van der Waals surface area (Å²) < 4.78 is 45.0.